The summed E-state index contributed by atoms with van der Waals surface area (Å²) in [6, 6.07) is 0.344. The molecule has 0 saturated carbocycles. The van der Waals surface area contributed by atoms with Crippen molar-refractivity contribution in [1.29, 1.82) is 0 Å². The van der Waals surface area contributed by atoms with E-state index in [1.165, 1.54) is 6.42 Å². The Balaban J connectivity index is 2.19. The van der Waals surface area contributed by atoms with E-state index in [-0.39, 0.29) is 0 Å². The average molecular weight is 208 g/mol. The minimum absolute atomic E-state index is 0.344. The molecule has 0 amide bonds. The molecule has 1 N–H and O–H groups in total. The van der Waals surface area contributed by atoms with Crippen molar-refractivity contribution < 1.29 is 0 Å². The first-order valence-electron chi connectivity index (χ1n) is 5.87. The lowest BCUT2D eigenvalue weighted by molar-refractivity contribution is 0.420. The smallest absolute Gasteiger partial charge is 0.149 e. The van der Waals surface area contributed by atoms with Crippen molar-refractivity contribution in [2.75, 3.05) is 6.54 Å². The maximum absolute atomic E-state index is 4.31. The fraction of sp³-hybridized carbons (Fsp3) is 0.818. The van der Waals surface area contributed by atoms with Gasteiger partial charge in [-0.2, -0.15) is 0 Å². The maximum atomic E-state index is 4.31. The topological polar surface area (TPSA) is 42.7 Å². The molecule has 84 valence electrons. The molecule has 1 aromatic rings. The van der Waals surface area contributed by atoms with E-state index in [1.807, 2.05) is 0 Å². The summed E-state index contributed by atoms with van der Waals surface area (Å²) < 4.78 is 2.29. The molecule has 2 heterocycles. The van der Waals surface area contributed by atoms with E-state index in [1.54, 1.807) is 0 Å². The van der Waals surface area contributed by atoms with Gasteiger partial charge in [0.15, 0.2) is 0 Å². The predicted octanol–water partition coefficient (Wildman–Crippen LogP) is 1.53. The van der Waals surface area contributed by atoms with Crippen LogP contribution in [0.4, 0.5) is 0 Å². The normalized spacial score (nSPS) is 22.5. The fourth-order valence-corrected chi connectivity index (χ4v) is 2.00. The molecule has 0 bridgehead atoms. The molecular weight excluding hydrogens is 188 g/mol. The monoisotopic (exact) mass is 208 g/mol. The van der Waals surface area contributed by atoms with E-state index in [2.05, 4.69) is 40.9 Å². The Labute approximate surface area is 91.1 Å². The Hall–Kier alpha value is -0.900. The quantitative estimate of drug-likeness (QED) is 0.819. The number of fused-ring (bicyclic) bond motifs is 1. The van der Waals surface area contributed by atoms with Gasteiger partial charge in [-0.15, -0.1) is 10.2 Å². The largest absolute Gasteiger partial charge is 0.312 e. The van der Waals surface area contributed by atoms with Crippen LogP contribution in [0.1, 0.15) is 44.9 Å². The van der Waals surface area contributed by atoms with Crippen LogP contribution in [-0.4, -0.2) is 21.3 Å². The first-order chi connectivity index (χ1) is 7.22. The molecular formula is C11H20N4. The minimum atomic E-state index is 0.344. The van der Waals surface area contributed by atoms with Gasteiger partial charge < -0.3 is 9.88 Å². The van der Waals surface area contributed by atoms with Gasteiger partial charge in [0, 0.05) is 19.5 Å². The van der Waals surface area contributed by atoms with E-state index >= 15 is 0 Å². The molecule has 4 heteroatoms. The lowest BCUT2D eigenvalue weighted by Crippen LogP contribution is -2.32. The van der Waals surface area contributed by atoms with Crippen LogP contribution in [0.25, 0.3) is 0 Å². The van der Waals surface area contributed by atoms with Gasteiger partial charge in [0.2, 0.25) is 0 Å². The highest BCUT2D eigenvalue weighted by Crippen LogP contribution is 2.18. The van der Waals surface area contributed by atoms with Crippen molar-refractivity contribution in [3.63, 3.8) is 0 Å². The van der Waals surface area contributed by atoms with E-state index in [0.29, 0.717) is 12.0 Å². The number of hydrogen-bond donors (Lipinski definition) is 1. The van der Waals surface area contributed by atoms with Gasteiger partial charge >= 0.3 is 0 Å². The molecule has 0 aliphatic carbocycles. The highest BCUT2D eigenvalue weighted by molar-refractivity contribution is 5.03. The predicted molar refractivity (Wildman–Crippen MR) is 59.6 cm³/mol. The molecule has 2 atom stereocenters. The van der Waals surface area contributed by atoms with Gasteiger partial charge in [0.05, 0.1) is 6.04 Å². The first-order valence-corrected chi connectivity index (χ1v) is 5.87. The van der Waals surface area contributed by atoms with Crippen LogP contribution in [0.3, 0.4) is 0 Å². The lowest BCUT2D eigenvalue weighted by atomic mass is 10.0. The van der Waals surface area contributed by atoms with Crippen LogP contribution in [0.15, 0.2) is 0 Å². The summed E-state index contributed by atoms with van der Waals surface area (Å²) >= 11 is 0. The standard InChI is InChI=1S/C11H20N4/c1-4-8(2)7-10-13-14-11-9(3)12-5-6-15(10)11/h8-9,12H,4-7H2,1-3H3. The van der Waals surface area contributed by atoms with Crippen molar-refractivity contribution in [3.8, 4) is 0 Å². The van der Waals surface area contributed by atoms with Crippen molar-refractivity contribution in [2.24, 2.45) is 5.92 Å². The first kappa shape index (κ1) is 10.6. The summed E-state index contributed by atoms with van der Waals surface area (Å²) in [6.07, 6.45) is 2.26. The molecule has 0 spiro atoms. The minimum Gasteiger partial charge on any atom is -0.312 e. The number of nitrogens with zero attached hydrogens (tertiary/aromatic N) is 3. The third kappa shape index (κ3) is 2.04. The Morgan fingerprint density at radius 3 is 3.07 bits per heavy atom. The van der Waals surface area contributed by atoms with Crippen molar-refractivity contribution in [1.82, 2.24) is 20.1 Å². The fourth-order valence-electron chi connectivity index (χ4n) is 2.00. The van der Waals surface area contributed by atoms with Crippen LogP contribution >= 0.6 is 0 Å². The number of hydrogen-bond acceptors (Lipinski definition) is 3. The molecule has 2 rings (SSSR count). The zero-order valence-electron chi connectivity index (χ0n) is 9.82. The molecule has 0 aromatic carbocycles. The summed E-state index contributed by atoms with van der Waals surface area (Å²) in [7, 11) is 0. The van der Waals surface area contributed by atoms with Crippen molar-refractivity contribution in [3.05, 3.63) is 11.6 Å². The molecule has 0 fully saturated rings. The molecule has 1 aliphatic rings. The van der Waals surface area contributed by atoms with Crippen LogP contribution in [0.2, 0.25) is 0 Å². The second-order valence-corrected chi connectivity index (χ2v) is 4.52. The van der Waals surface area contributed by atoms with E-state index < -0.39 is 0 Å². The summed E-state index contributed by atoms with van der Waals surface area (Å²) in [4.78, 5) is 0. The number of rotatable bonds is 3. The summed E-state index contributed by atoms with van der Waals surface area (Å²) in [5.74, 6) is 2.95. The molecule has 0 saturated heterocycles. The Morgan fingerprint density at radius 2 is 2.33 bits per heavy atom. The van der Waals surface area contributed by atoms with Crippen LogP contribution in [-0.2, 0) is 13.0 Å². The Morgan fingerprint density at radius 1 is 1.53 bits per heavy atom. The summed E-state index contributed by atoms with van der Waals surface area (Å²) in [5, 5.41) is 12.0. The highest BCUT2D eigenvalue weighted by Gasteiger charge is 2.21. The van der Waals surface area contributed by atoms with E-state index in [9.17, 15) is 0 Å². The molecule has 4 nitrogen and oxygen atoms in total. The molecule has 1 aromatic heterocycles. The molecule has 2 unspecified atom stereocenters. The van der Waals surface area contributed by atoms with Crippen LogP contribution in [0.5, 0.6) is 0 Å². The Kier molecular flexibility index (Phi) is 3.05. The van der Waals surface area contributed by atoms with Crippen LogP contribution < -0.4 is 5.32 Å². The average Bonchev–Trinajstić information content (AvgIpc) is 2.63. The highest BCUT2D eigenvalue weighted by atomic mass is 15.3. The third-order valence-electron chi connectivity index (χ3n) is 3.26. The van der Waals surface area contributed by atoms with Gasteiger partial charge in [0.1, 0.15) is 11.6 Å². The van der Waals surface area contributed by atoms with Gasteiger partial charge in [-0.25, -0.2) is 0 Å². The van der Waals surface area contributed by atoms with Crippen molar-refractivity contribution >= 4 is 0 Å². The van der Waals surface area contributed by atoms with Gasteiger partial charge in [-0.3, -0.25) is 0 Å². The number of nitrogens with one attached hydrogen (secondary N) is 1. The van der Waals surface area contributed by atoms with Crippen LogP contribution in [0, 0.1) is 5.92 Å². The molecule has 1 aliphatic heterocycles. The third-order valence-corrected chi connectivity index (χ3v) is 3.26. The summed E-state index contributed by atoms with van der Waals surface area (Å²) in [6.45, 7) is 8.68. The Bertz CT molecular complexity index is 331. The molecule has 0 radical (unpaired) electrons. The van der Waals surface area contributed by atoms with E-state index in [0.717, 1.165) is 31.2 Å². The second-order valence-electron chi connectivity index (χ2n) is 4.52. The second kappa shape index (κ2) is 4.31. The van der Waals surface area contributed by atoms with Crippen molar-refractivity contribution in [2.45, 2.75) is 46.2 Å². The van der Waals surface area contributed by atoms with Gasteiger partial charge in [-0.05, 0) is 12.8 Å². The van der Waals surface area contributed by atoms with Gasteiger partial charge in [-0.1, -0.05) is 20.3 Å². The SMILES string of the molecule is CCC(C)Cc1nnc2n1CCNC2C. The lowest BCUT2D eigenvalue weighted by Gasteiger charge is -2.22. The maximum Gasteiger partial charge on any atom is 0.149 e. The molecule has 15 heavy (non-hydrogen) atoms. The number of aromatic nitrogens is 3. The van der Waals surface area contributed by atoms with E-state index in [4.69, 9.17) is 0 Å². The summed E-state index contributed by atoms with van der Waals surface area (Å²) in [5.41, 5.74) is 0. The zero-order valence-corrected chi connectivity index (χ0v) is 9.82. The van der Waals surface area contributed by atoms with Gasteiger partial charge in [0.25, 0.3) is 0 Å². The zero-order chi connectivity index (χ0) is 10.8.